The zero-order valence-corrected chi connectivity index (χ0v) is 20.8. The Kier molecular flexibility index (Phi) is 5.43. The number of carbonyl (C=O) groups excluding carboxylic acids is 1. The molecule has 0 radical (unpaired) electrons. The summed E-state index contributed by atoms with van der Waals surface area (Å²) >= 11 is 1.58. The van der Waals surface area contributed by atoms with Gasteiger partial charge in [-0.15, -0.1) is 11.3 Å². The molecule has 0 atom stereocenters. The minimum Gasteiger partial charge on any atom is -0.336 e. The lowest BCUT2D eigenvalue weighted by Gasteiger charge is -2.11. The Morgan fingerprint density at radius 2 is 1.95 bits per heavy atom. The highest BCUT2D eigenvalue weighted by atomic mass is 32.1. The third-order valence-corrected chi connectivity index (χ3v) is 7.81. The first-order valence-electron chi connectivity index (χ1n) is 12.3. The third kappa shape index (κ3) is 3.82. The van der Waals surface area contributed by atoms with E-state index < -0.39 is 5.82 Å². The van der Waals surface area contributed by atoms with E-state index in [-0.39, 0.29) is 22.9 Å². The first-order valence-corrected chi connectivity index (χ1v) is 13.2. The molecule has 1 amide bonds. The predicted molar refractivity (Wildman–Crippen MR) is 144 cm³/mol. The second-order valence-corrected chi connectivity index (χ2v) is 10.3. The molecule has 11 heteroatoms. The number of nitrogens with zero attached hydrogens (tertiary/aromatic N) is 5. The molecule has 0 aliphatic heterocycles. The Labute approximate surface area is 219 Å². The molecule has 0 aromatic carbocycles. The van der Waals surface area contributed by atoms with Crippen LogP contribution in [-0.2, 0) is 4.79 Å². The number of halogens is 1. The number of amides is 1. The van der Waals surface area contributed by atoms with Crippen LogP contribution in [0, 0.1) is 11.7 Å². The van der Waals surface area contributed by atoms with Gasteiger partial charge in [0.25, 0.3) is 0 Å². The molecule has 1 aliphatic carbocycles. The Morgan fingerprint density at radius 3 is 2.79 bits per heavy atom. The van der Waals surface area contributed by atoms with Gasteiger partial charge in [-0.2, -0.15) is 5.10 Å². The number of imidazole rings is 1. The van der Waals surface area contributed by atoms with Gasteiger partial charge in [0.1, 0.15) is 22.6 Å². The SMILES string of the molecule is O=C(Nc1cncc(-c2ncc3[nH]nc(-c4nc5c(-c6cccs6)nccc5[nH]4)c3c2F)c1)C1CCCC1. The van der Waals surface area contributed by atoms with Crippen molar-refractivity contribution < 1.29 is 9.18 Å². The molecule has 6 aromatic heterocycles. The molecule has 6 heterocycles. The highest BCUT2D eigenvalue weighted by Gasteiger charge is 2.24. The largest absolute Gasteiger partial charge is 0.336 e. The average Bonchev–Trinajstić information content (AvgIpc) is 3.74. The summed E-state index contributed by atoms with van der Waals surface area (Å²) in [6.07, 6.45) is 10.3. The lowest BCUT2D eigenvalue weighted by molar-refractivity contribution is -0.119. The van der Waals surface area contributed by atoms with Crippen molar-refractivity contribution in [1.29, 1.82) is 0 Å². The van der Waals surface area contributed by atoms with E-state index in [4.69, 9.17) is 4.98 Å². The first-order chi connectivity index (χ1) is 18.7. The van der Waals surface area contributed by atoms with E-state index >= 15 is 4.39 Å². The smallest absolute Gasteiger partial charge is 0.227 e. The van der Waals surface area contributed by atoms with Crippen molar-refractivity contribution in [3.63, 3.8) is 0 Å². The van der Waals surface area contributed by atoms with Crippen LogP contribution < -0.4 is 5.32 Å². The third-order valence-electron chi connectivity index (χ3n) is 6.93. The number of hydrogen-bond acceptors (Lipinski definition) is 7. The monoisotopic (exact) mass is 524 g/mol. The van der Waals surface area contributed by atoms with E-state index in [1.807, 2.05) is 23.6 Å². The molecule has 1 aliphatic rings. The molecule has 3 N–H and O–H groups in total. The fourth-order valence-electron chi connectivity index (χ4n) is 5.06. The summed E-state index contributed by atoms with van der Waals surface area (Å²) < 4.78 is 16.0. The fourth-order valence-corrected chi connectivity index (χ4v) is 5.78. The van der Waals surface area contributed by atoms with Crippen LogP contribution in [-0.4, -0.2) is 41.0 Å². The lowest BCUT2D eigenvalue weighted by Crippen LogP contribution is -2.20. The molecule has 6 aromatic rings. The molecular formula is C27H21FN8OS. The minimum absolute atomic E-state index is 0.0118. The topological polar surface area (TPSA) is 125 Å². The predicted octanol–water partition coefficient (Wildman–Crippen LogP) is 5.95. The van der Waals surface area contributed by atoms with Gasteiger partial charge in [-0.25, -0.2) is 9.37 Å². The summed E-state index contributed by atoms with van der Waals surface area (Å²) in [5.41, 5.74) is 4.08. The fraction of sp³-hybridized carbons (Fsp3) is 0.185. The highest BCUT2D eigenvalue weighted by molar-refractivity contribution is 7.13. The van der Waals surface area contributed by atoms with Gasteiger partial charge in [-0.1, -0.05) is 18.9 Å². The molecule has 0 saturated heterocycles. The minimum atomic E-state index is -0.551. The molecular weight excluding hydrogens is 503 g/mol. The number of H-pyrrole nitrogens is 2. The Morgan fingerprint density at radius 1 is 1.05 bits per heavy atom. The molecule has 1 fully saturated rings. The second kappa shape index (κ2) is 9.10. The van der Waals surface area contributed by atoms with E-state index in [1.165, 1.54) is 12.4 Å². The number of carbonyl (C=O) groups is 1. The van der Waals surface area contributed by atoms with Crippen molar-refractivity contribution in [2.75, 3.05) is 5.32 Å². The molecule has 188 valence electrons. The Bertz CT molecular complexity index is 1800. The van der Waals surface area contributed by atoms with Crippen molar-refractivity contribution >= 4 is 44.9 Å². The van der Waals surface area contributed by atoms with E-state index in [0.717, 1.165) is 41.8 Å². The van der Waals surface area contributed by atoms with Gasteiger partial charge in [0, 0.05) is 23.9 Å². The number of aromatic amines is 2. The van der Waals surface area contributed by atoms with E-state index in [1.54, 1.807) is 29.8 Å². The van der Waals surface area contributed by atoms with Crippen LogP contribution in [0.1, 0.15) is 25.7 Å². The number of aromatic nitrogens is 7. The number of rotatable bonds is 5. The van der Waals surface area contributed by atoms with Gasteiger partial charge in [0.15, 0.2) is 11.6 Å². The molecule has 0 bridgehead atoms. The van der Waals surface area contributed by atoms with Gasteiger partial charge in [0.05, 0.1) is 39.4 Å². The van der Waals surface area contributed by atoms with Gasteiger partial charge >= 0.3 is 0 Å². The summed E-state index contributed by atoms with van der Waals surface area (Å²) in [5, 5.41) is 12.4. The highest BCUT2D eigenvalue weighted by Crippen LogP contribution is 2.35. The van der Waals surface area contributed by atoms with Gasteiger partial charge < -0.3 is 10.3 Å². The normalized spacial score (nSPS) is 14.0. The van der Waals surface area contributed by atoms with E-state index in [0.29, 0.717) is 33.8 Å². The van der Waals surface area contributed by atoms with Crippen LogP contribution >= 0.6 is 11.3 Å². The van der Waals surface area contributed by atoms with Crippen molar-refractivity contribution in [2.45, 2.75) is 25.7 Å². The number of thiophene rings is 1. The van der Waals surface area contributed by atoms with E-state index in [9.17, 15) is 4.79 Å². The van der Waals surface area contributed by atoms with Crippen LogP contribution in [0.25, 0.3) is 55.3 Å². The standard InChI is InChI=1S/C27H21FN8OS/c28-21-20-18(13-31-22(21)15-10-16(12-29-11-15)32-27(37)14-4-1-2-5-14)35-36-25(20)26-33-17-7-8-30-24(23(17)34-26)19-6-3-9-38-19/h3,6-14H,1-2,4-5H2,(H,32,37)(H,33,34)(H,35,36). The maximum Gasteiger partial charge on any atom is 0.227 e. The Balaban J connectivity index is 1.28. The zero-order valence-electron chi connectivity index (χ0n) is 20.0. The maximum atomic E-state index is 16.0. The van der Waals surface area contributed by atoms with Gasteiger partial charge in [-0.05, 0) is 36.4 Å². The molecule has 1 saturated carbocycles. The number of pyridine rings is 3. The number of hydrogen-bond donors (Lipinski definition) is 3. The maximum absolute atomic E-state index is 16.0. The summed E-state index contributed by atoms with van der Waals surface area (Å²) in [6.45, 7) is 0. The molecule has 38 heavy (non-hydrogen) atoms. The van der Waals surface area contributed by atoms with Crippen molar-refractivity contribution in [3.05, 3.63) is 60.3 Å². The van der Waals surface area contributed by atoms with E-state index in [2.05, 4.69) is 35.5 Å². The summed E-state index contributed by atoms with van der Waals surface area (Å²) in [6, 6.07) is 7.47. The first kappa shape index (κ1) is 22.7. The average molecular weight is 525 g/mol. The zero-order chi connectivity index (χ0) is 25.6. The van der Waals surface area contributed by atoms with Crippen LogP contribution in [0.4, 0.5) is 10.1 Å². The second-order valence-electron chi connectivity index (χ2n) is 9.33. The Hall–Kier alpha value is -4.51. The molecule has 0 spiro atoms. The van der Waals surface area contributed by atoms with Crippen molar-refractivity contribution in [1.82, 2.24) is 35.1 Å². The summed E-state index contributed by atoms with van der Waals surface area (Å²) in [5.74, 6) is -0.144. The molecule has 7 rings (SSSR count). The van der Waals surface area contributed by atoms with Gasteiger partial charge in [0.2, 0.25) is 5.91 Å². The number of anilines is 1. The van der Waals surface area contributed by atoms with Crippen LogP contribution in [0.15, 0.2) is 54.4 Å². The number of nitrogens with one attached hydrogen (secondary N) is 3. The number of fused-ring (bicyclic) bond motifs is 2. The summed E-state index contributed by atoms with van der Waals surface area (Å²) in [4.78, 5) is 34.7. The lowest BCUT2D eigenvalue weighted by atomic mass is 10.1. The molecule has 0 unspecified atom stereocenters. The molecule has 9 nitrogen and oxygen atoms in total. The van der Waals surface area contributed by atoms with Crippen molar-refractivity contribution in [3.8, 4) is 33.3 Å². The summed E-state index contributed by atoms with van der Waals surface area (Å²) in [7, 11) is 0. The van der Waals surface area contributed by atoms with Gasteiger partial charge in [-0.3, -0.25) is 24.8 Å². The van der Waals surface area contributed by atoms with Crippen LogP contribution in [0.5, 0.6) is 0 Å². The quantitative estimate of drug-likeness (QED) is 0.256. The van der Waals surface area contributed by atoms with Crippen LogP contribution in [0.3, 0.4) is 0 Å². The van der Waals surface area contributed by atoms with Crippen LogP contribution in [0.2, 0.25) is 0 Å². The van der Waals surface area contributed by atoms with Crippen molar-refractivity contribution in [2.24, 2.45) is 5.92 Å².